The van der Waals surface area contributed by atoms with E-state index in [1.807, 2.05) is 31.3 Å². The van der Waals surface area contributed by atoms with Crippen molar-refractivity contribution < 1.29 is 4.79 Å². The van der Waals surface area contributed by atoms with Crippen LogP contribution in [-0.2, 0) is 13.0 Å². The van der Waals surface area contributed by atoms with Gasteiger partial charge in [-0.1, -0.05) is 12.1 Å². The third kappa shape index (κ3) is 2.33. The number of aryl methyl sites for hydroxylation is 1. The molecule has 1 amide bonds. The minimum Gasteiger partial charge on any atom is -0.326 e. The van der Waals surface area contributed by atoms with Gasteiger partial charge in [0, 0.05) is 31.2 Å². The molecule has 24 heavy (non-hydrogen) atoms. The number of amides is 1. The lowest BCUT2D eigenvalue weighted by Gasteiger charge is -2.30. The summed E-state index contributed by atoms with van der Waals surface area (Å²) in [6.45, 7) is 3.05. The van der Waals surface area contributed by atoms with E-state index < -0.39 is 0 Å². The molecular weight excluding hydrogens is 304 g/mol. The molecule has 0 saturated heterocycles. The SMILES string of the molecule is Cc1cnc2nc(C(=O)N3CCCc4c(CN)cccc43)nn2c1. The predicted molar refractivity (Wildman–Crippen MR) is 89.8 cm³/mol. The molecule has 7 nitrogen and oxygen atoms in total. The average Bonchev–Trinajstić information content (AvgIpc) is 3.03. The summed E-state index contributed by atoms with van der Waals surface area (Å²) >= 11 is 0. The number of anilines is 1. The fraction of sp³-hybridized carbons (Fsp3) is 0.294. The number of hydrogen-bond acceptors (Lipinski definition) is 5. The number of hydrogen-bond donors (Lipinski definition) is 1. The van der Waals surface area contributed by atoms with Crippen molar-refractivity contribution in [1.82, 2.24) is 19.6 Å². The molecule has 0 fully saturated rings. The van der Waals surface area contributed by atoms with Crippen LogP contribution in [0.2, 0.25) is 0 Å². The Morgan fingerprint density at radius 1 is 1.38 bits per heavy atom. The van der Waals surface area contributed by atoms with Crippen LogP contribution in [0.3, 0.4) is 0 Å². The summed E-state index contributed by atoms with van der Waals surface area (Å²) in [4.78, 5) is 23.2. The topological polar surface area (TPSA) is 89.4 Å². The highest BCUT2D eigenvalue weighted by Gasteiger charge is 2.27. The van der Waals surface area contributed by atoms with Crippen molar-refractivity contribution in [1.29, 1.82) is 0 Å². The molecule has 1 aliphatic rings. The Morgan fingerprint density at radius 3 is 3.08 bits per heavy atom. The molecule has 0 bridgehead atoms. The van der Waals surface area contributed by atoms with Crippen LogP contribution in [0.5, 0.6) is 0 Å². The van der Waals surface area contributed by atoms with Crippen molar-refractivity contribution in [3.05, 3.63) is 53.1 Å². The zero-order chi connectivity index (χ0) is 16.7. The highest BCUT2D eigenvalue weighted by atomic mass is 16.2. The van der Waals surface area contributed by atoms with Crippen LogP contribution >= 0.6 is 0 Å². The second-order valence-corrected chi connectivity index (χ2v) is 5.99. The van der Waals surface area contributed by atoms with Gasteiger partial charge in [0.05, 0.1) is 0 Å². The molecule has 3 heterocycles. The average molecular weight is 322 g/mol. The number of benzene rings is 1. The number of aromatic nitrogens is 4. The first-order chi connectivity index (χ1) is 11.7. The molecule has 3 aromatic rings. The van der Waals surface area contributed by atoms with Crippen molar-refractivity contribution in [3.63, 3.8) is 0 Å². The first-order valence-electron chi connectivity index (χ1n) is 7.99. The highest BCUT2D eigenvalue weighted by Crippen LogP contribution is 2.30. The van der Waals surface area contributed by atoms with Gasteiger partial charge in [0.1, 0.15) is 0 Å². The van der Waals surface area contributed by atoms with Crippen LogP contribution in [0.15, 0.2) is 30.6 Å². The Morgan fingerprint density at radius 2 is 2.25 bits per heavy atom. The number of carbonyl (C=O) groups is 1. The van der Waals surface area contributed by atoms with E-state index >= 15 is 0 Å². The molecule has 0 saturated carbocycles. The Bertz CT molecular complexity index is 932. The second kappa shape index (κ2) is 5.68. The maximum Gasteiger partial charge on any atom is 0.298 e. The van der Waals surface area contributed by atoms with Gasteiger partial charge in [-0.15, -0.1) is 5.10 Å². The van der Waals surface area contributed by atoms with Crippen molar-refractivity contribution in [2.45, 2.75) is 26.3 Å². The fourth-order valence-electron chi connectivity index (χ4n) is 3.19. The monoisotopic (exact) mass is 322 g/mol. The van der Waals surface area contributed by atoms with Gasteiger partial charge in [0.15, 0.2) is 0 Å². The lowest BCUT2D eigenvalue weighted by molar-refractivity contribution is 0.0975. The maximum absolute atomic E-state index is 12.9. The van der Waals surface area contributed by atoms with Crippen LogP contribution in [-0.4, -0.2) is 32.0 Å². The first kappa shape index (κ1) is 14.8. The smallest absolute Gasteiger partial charge is 0.298 e. The zero-order valence-corrected chi connectivity index (χ0v) is 13.4. The zero-order valence-electron chi connectivity index (χ0n) is 13.4. The quantitative estimate of drug-likeness (QED) is 0.772. The van der Waals surface area contributed by atoms with Gasteiger partial charge in [-0.3, -0.25) is 4.79 Å². The Labute approximate surface area is 139 Å². The second-order valence-electron chi connectivity index (χ2n) is 5.99. The van der Waals surface area contributed by atoms with E-state index in [1.54, 1.807) is 15.6 Å². The van der Waals surface area contributed by atoms with Gasteiger partial charge in [0.2, 0.25) is 5.82 Å². The Hall–Kier alpha value is -2.80. The van der Waals surface area contributed by atoms with E-state index in [0.29, 0.717) is 18.9 Å². The molecule has 0 unspecified atom stereocenters. The molecule has 0 spiro atoms. The molecule has 0 radical (unpaired) electrons. The summed E-state index contributed by atoms with van der Waals surface area (Å²) in [6.07, 6.45) is 5.36. The molecule has 4 rings (SSSR count). The van der Waals surface area contributed by atoms with E-state index in [-0.39, 0.29) is 11.7 Å². The minimum absolute atomic E-state index is 0.166. The lowest BCUT2D eigenvalue weighted by Crippen LogP contribution is -2.36. The van der Waals surface area contributed by atoms with Gasteiger partial charge < -0.3 is 10.6 Å². The molecule has 7 heteroatoms. The van der Waals surface area contributed by atoms with Gasteiger partial charge in [-0.2, -0.15) is 4.98 Å². The molecule has 122 valence electrons. The summed E-state index contributed by atoms with van der Waals surface area (Å²) < 4.78 is 1.55. The number of rotatable bonds is 2. The first-order valence-corrected chi connectivity index (χ1v) is 7.99. The Kier molecular flexibility index (Phi) is 3.50. The van der Waals surface area contributed by atoms with E-state index in [2.05, 4.69) is 15.1 Å². The van der Waals surface area contributed by atoms with Crippen LogP contribution in [0.1, 0.15) is 33.7 Å². The molecule has 2 aromatic heterocycles. The van der Waals surface area contributed by atoms with E-state index in [4.69, 9.17) is 5.73 Å². The molecular formula is C17H18N6O. The summed E-state index contributed by atoms with van der Waals surface area (Å²) in [7, 11) is 0. The van der Waals surface area contributed by atoms with Gasteiger partial charge in [0.25, 0.3) is 11.7 Å². The molecule has 0 atom stereocenters. The van der Waals surface area contributed by atoms with E-state index in [1.165, 1.54) is 0 Å². The minimum atomic E-state index is -0.201. The van der Waals surface area contributed by atoms with Crippen LogP contribution in [0.4, 0.5) is 5.69 Å². The van der Waals surface area contributed by atoms with E-state index in [0.717, 1.165) is 35.2 Å². The van der Waals surface area contributed by atoms with Crippen molar-refractivity contribution in [2.75, 3.05) is 11.4 Å². The summed E-state index contributed by atoms with van der Waals surface area (Å²) in [5, 5.41) is 4.29. The third-order valence-electron chi connectivity index (χ3n) is 4.33. The number of nitrogens with two attached hydrogens (primary N) is 1. The number of nitrogens with zero attached hydrogens (tertiary/aromatic N) is 5. The van der Waals surface area contributed by atoms with Crippen molar-refractivity contribution in [3.8, 4) is 0 Å². The molecule has 1 aromatic carbocycles. The Balaban J connectivity index is 1.75. The van der Waals surface area contributed by atoms with Gasteiger partial charge >= 0.3 is 0 Å². The molecule has 0 aliphatic carbocycles. The van der Waals surface area contributed by atoms with Crippen LogP contribution in [0, 0.1) is 6.92 Å². The van der Waals surface area contributed by atoms with Crippen LogP contribution in [0.25, 0.3) is 5.78 Å². The maximum atomic E-state index is 12.9. The van der Waals surface area contributed by atoms with Crippen molar-refractivity contribution >= 4 is 17.4 Å². The third-order valence-corrected chi connectivity index (χ3v) is 4.33. The standard InChI is InChI=1S/C17H18N6O/c1-11-9-19-17-20-15(21-23(17)10-11)16(24)22-7-3-5-13-12(8-18)4-2-6-14(13)22/h2,4,6,9-10H,3,5,7-8,18H2,1H3. The van der Waals surface area contributed by atoms with Crippen LogP contribution < -0.4 is 10.6 Å². The molecule has 1 aliphatic heterocycles. The lowest BCUT2D eigenvalue weighted by atomic mass is 9.96. The van der Waals surface area contributed by atoms with Crippen molar-refractivity contribution in [2.24, 2.45) is 5.73 Å². The number of carbonyl (C=O) groups excluding carboxylic acids is 1. The highest BCUT2D eigenvalue weighted by molar-refractivity contribution is 6.04. The normalized spacial score (nSPS) is 14.0. The summed E-state index contributed by atoms with van der Waals surface area (Å²) in [5.74, 6) is 0.393. The number of fused-ring (bicyclic) bond motifs is 2. The molecule has 2 N–H and O–H groups in total. The summed E-state index contributed by atoms with van der Waals surface area (Å²) in [5.41, 5.74) is 9.94. The van der Waals surface area contributed by atoms with E-state index in [9.17, 15) is 4.79 Å². The fourth-order valence-corrected chi connectivity index (χ4v) is 3.19. The summed E-state index contributed by atoms with van der Waals surface area (Å²) in [6, 6.07) is 5.92. The predicted octanol–water partition coefficient (Wildman–Crippen LogP) is 1.48. The van der Waals surface area contributed by atoms with Gasteiger partial charge in [-0.25, -0.2) is 9.50 Å². The largest absolute Gasteiger partial charge is 0.326 e. The van der Waals surface area contributed by atoms with Gasteiger partial charge in [-0.05, 0) is 42.5 Å².